The second-order valence-corrected chi connectivity index (χ2v) is 5.81. The molecule has 0 radical (unpaired) electrons. The van der Waals surface area contributed by atoms with Crippen molar-refractivity contribution in [3.63, 3.8) is 0 Å². The number of aromatic nitrogens is 2. The fourth-order valence-corrected chi connectivity index (χ4v) is 2.91. The van der Waals surface area contributed by atoms with Crippen molar-refractivity contribution >= 4 is 5.91 Å². The van der Waals surface area contributed by atoms with Gasteiger partial charge in [-0.15, -0.1) is 0 Å². The summed E-state index contributed by atoms with van der Waals surface area (Å²) in [6, 6.07) is 7.73. The quantitative estimate of drug-likeness (QED) is 0.915. The summed E-state index contributed by atoms with van der Waals surface area (Å²) in [5.41, 5.74) is 4.57. The third-order valence-electron chi connectivity index (χ3n) is 4.01. The van der Waals surface area contributed by atoms with Crippen molar-refractivity contribution in [1.29, 1.82) is 0 Å². The summed E-state index contributed by atoms with van der Waals surface area (Å²) in [4.78, 5) is 13.9. The average Bonchev–Trinajstić information content (AvgIpc) is 3.00. The van der Waals surface area contributed by atoms with Crippen LogP contribution in [0.5, 0.6) is 0 Å². The Bertz CT molecular complexity index is 727. The standard InChI is InChI=1S/C16H17F3N4O/c17-16(18,19)14-13(15(24)22-8-4-5-11(20)10-22)9-21-23(14)12-6-2-1-3-7-12/h1-3,6-7,9,11H,4-5,8,10,20H2/t11-/m1/s1. The number of amides is 1. The van der Waals surface area contributed by atoms with Crippen molar-refractivity contribution in [1.82, 2.24) is 14.7 Å². The average molecular weight is 338 g/mol. The lowest BCUT2D eigenvalue weighted by Crippen LogP contribution is -2.46. The summed E-state index contributed by atoms with van der Waals surface area (Å²) in [6.45, 7) is 0.660. The lowest BCUT2D eigenvalue weighted by atomic mass is 10.1. The van der Waals surface area contributed by atoms with Crippen LogP contribution in [0.2, 0.25) is 0 Å². The molecule has 0 aliphatic carbocycles. The fourth-order valence-electron chi connectivity index (χ4n) is 2.91. The van der Waals surface area contributed by atoms with E-state index < -0.39 is 23.3 Å². The number of carbonyl (C=O) groups is 1. The molecule has 24 heavy (non-hydrogen) atoms. The highest BCUT2D eigenvalue weighted by Crippen LogP contribution is 2.34. The summed E-state index contributed by atoms with van der Waals surface area (Å²) >= 11 is 0. The van der Waals surface area contributed by atoms with E-state index in [-0.39, 0.29) is 18.3 Å². The lowest BCUT2D eigenvalue weighted by molar-refractivity contribution is -0.143. The van der Waals surface area contributed by atoms with Crippen molar-refractivity contribution in [3.05, 3.63) is 47.8 Å². The molecule has 3 rings (SSSR count). The molecule has 1 aromatic carbocycles. The first-order valence-corrected chi connectivity index (χ1v) is 7.63. The molecule has 1 amide bonds. The van der Waals surface area contributed by atoms with E-state index in [0.29, 0.717) is 13.0 Å². The molecule has 1 aliphatic rings. The maximum absolute atomic E-state index is 13.6. The third-order valence-corrected chi connectivity index (χ3v) is 4.01. The van der Waals surface area contributed by atoms with Crippen LogP contribution in [-0.2, 0) is 6.18 Å². The maximum atomic E-state index is 13.6. The number of rotatable bonds is 2. The molecule has 2 heterocycles. The Morgan fingerprint density at radius 1 is 1.25 bits per heavy atom. The Morgan fingerprint density at radius 2 is 1.96 bits per heavy atom. The van der Waals surface area contributed by atoms with Gasteiger partial charge in [-0.3, -0.25) is 4.79 Å². The van der Waals surface area contributed by atoms with Gasteiger partial charge >= 0.3 is 6.18 Å². The minimum absolute atomic E-state index is 0.207. The minimum Gasteiger partial charge on any atom is -0.337 e. The zero-order valence-corrected chi connectivity index (χ0v) is 12.8. The first kappa shape index (κ1) is 16.5. The van der Waals surface area contributed by atoms with Crippen LogP contribution in [0.15, 0.2) is 36.5 Å². The van der Waals surface area contributed by atoms with Gasteiger partial charge in [-0.25, -0.2) is 4.68 Å². The van der Waals surface area contributed by atoms with Crippen LogP contribution in [0.25, 0.3) is 5.69 Å². The molecule has 1 fully saturated rings. The summed E-state index contributed by atoms with van der Waals surface area (Å²) in [7, 11) is 0. The normalized spacial score (nSPS) is 18.7. The molecule has 0 saturated carbocycles. The Morgan fingerprint density at radius 3 is 2.58 bits per heavy atom. The lowest BCUT2D eigenvalue weighted by Gasteiger charge is -2.30. The SMILES string of the molecule is N[C@@H]1CCCN(C(=O)c2cnn(-c3ccccc3)c2C(F)(F)F)C1. The molecule has 2 aromatic rings. The van der Waals surface area contributed by atoms with Gasteiger partial charge in [0.2, 0.25) is 0 Å². The number of nitrogens with two attached hydrogens (primary N) is 1. The van der Waals surface area contributed by atoms with E-state index in [1.165, 1.54) is 17.0 Å². The van der Waals surface area contributed by atoms with Crippen molar-refractivity contribution in [2.24, 2.45) is 5.73 Å². The van der Waals surface area contributed by atoms with Gasteiger partial charge in [0.15, 0.2) is 5.69 Å². The van der Waals surface area contributed by atoms with Crippen LogP contribution in [-0.4, -0.2) is 39.7 Å². The molecule has 5 nitrogen and oxygen atoms in total. The predicted molar refractivity (Wildman–Crippen MR) is 81.7 cm³/mol. The number of carbonyl (C=O) groups excluding carboxylic acids is 1. The zero-order chi connectivity index (χ0) is 17.3. The number of alkyl halides is 3. The van der Waals surface area contributed by atoms with Gasteiger partial charge in [0.25, 0.3) is 5.91 Å². The monoisotopic (exact) mass is 338 g/mol. The fraction of sp³-hybridized carbons (Fsp3) is 0.375. The van der Waals surface area contributed by atoms with E-state index in [0.717, 1.165) is 17.3 Å². The Hall–Kier alpha value is -2.35. The number of halogens is 3. The second kappa shape index (κ2) is 6.27. The summed E-state index contributed by atoms with van der Waals surface area (Å²) in [5.74, 6) is -0.681. The van der Waals surface area contributed by atoms with E-state index in [2.05, 4.69) is 5.10 Å². The number of hydrogen-bond donors (Lipinski definition) is 1. The number of hydrogen-bond acceptors (Lipinski definition) is 3. The molecular formula is C16H17F3N4O. The van der Waals surface area contributed by atoms with Crippen LogP contribution in [0.1, 0.15) is 28.9 Å². The highest BCUT2D eigenvalue weighted by Gasteiger charge is 2.41. The molecule has 0 unspecified atom stereocenters. The molecule has 8 heteroatoms. The van der Waals surface area contributed by atoms with Gasteiger partial charge < -0.3 is 10.6 Å². The molecular weight excluding hydrogens is 321 g/mol. The van der Waals surface area contributed by atoms with E-state index in [1.54, 1.807) is 18.2 Å². The molecule has 128 valence electrons. The van der Waals surface area contributed by atoms with E-state index >= 15 is 0 Å². The predicted octanol–water partition coefficient (Wildman–Crippen LogP) is 2.45. The summed E-state index contributed by atoms with van der Waals surface area (Å²) in [5, 5.41) is 3.81. The minimum atomic E-state index is -4.70. The topological polar surface area (TPSA) is 64.2 Å². The Labute approximate surface area is 136 Å². The van der Waals surface area contributed by atoms with Crippen LogP contribution >= 0.6 is 0 Å². The van der Waals surface area contributed by atoms with Gasteiger partial charge in [-0.2, -0.15) is 18.3 Å². The molecule has 1 atom stereocenters. The van der Waals surface area contributed by atoms with Crippen LogP contribution in [0, 0.1) is 0 Å². The van der Waals surface area contributed by atoms with Crippen molar-refractivity contribution in [2.75, 3.05) is 13.1 Å². The van der Waals surface area contributed by atoms with Crippen molar-refractivity contribution in [3.8, 4) is 5.69 Å². The van der Waals surface area contributed by atoms with Gasteiger partial charge in [0.1, 0.15) is 0 Å². The molecule has 0 spiro atoms. The number of nitrogens with zero attached hydrogens (tertiary/aromatic N) is 3. The first-order chi connectivity index (χ1) is 11.4. The number of piperidine rings is 1. The third kappa shape index (κ3) is 3.14. The molecule has 1 aromatic heterocycles. The van der Waals surface area contributed by atoms with E-state index in [1.807, 2.05) is 0 Å². The highest BCUT2D eigenvalue weighted by atomic mass is 19.4. The van der Waals surface area contributed by atoms with Crippen LogP contribution in [0.4, 0.5) is 13.2 Å². The Balaban J connectivity index is 2.02. The number of para-hydroxylation sites is 1. The molecule has 2 N–H and O–H groups in total. The van der Waals surface area contributed by atoms with Crippen LogP contribution in [0.3, 0.4) is 0 Å². The summed E-state index contributed by atoms with van der Waals surface area (Å²) in [6.07, 6.45) is -2.27. The largest absolute Gasteiger partial charge is 0.434 e. The second-order valence-electron chi connectivity index (χ2n) is 5.81. The van der Waals surface area contributed by atoms with Crippen LogP contribution < -0.4 is 5.73 Å². The van der Waals surface area contributed by atoms with Crippen molar-refractivity contribution in [2.45, 2.75) is 25.1 Å². The molecule has 1 aliphatic heterocycles. The molecule has 0 bridgehead atoms. The Kier molecular flexibility index (Phi) is 4.31. The van der Waals surface area contributed by atoms with E-state index in [4.69, 9.17) is 5.73 Å². The first-order valence-electron chi connectivity index (χ1n) is 7.63. The maximum Gasteiger partial charge on any atom is 0.434 e. The highest BCUT2D eigenvalue weighted by molar-refractivity contribution is 5.95. The molecule has 1 saturated heterocycles. The van der Waals surface area contributed by atoms with Gasteiger partial charge in [0.05, 0.1) is 17.4 Å². The number of likely N-dealkylation sites (tertiary alicyclic amines) is 1. The number of benzene rings is 1. The van der Waals surface area contributed by atoms with Gasteiger partial charge in [-0.05, 0) is 25.0 Å². The smallest absolute Gasteiger partial charge is 0.337 e. The van der Waals surface area contributed by atoms with Crippen molar-refractivity contribution < 1.29 is 18.0 Å². The zero-order valence-electron chi connectivity index (χ0n) is 12.8. The van der Waals surface area contributed by atoms with Gasteiger partial charge in [0, 0.05) is 19.1 Å². The summed E-state index contributed by atoms with van der Waals surface area (Å²) < 4.78 is 41.5. The van der Waals surface area contributed by atoms with Gasteiger partial charge in [-0.1, -0.05) is 18.2 Å². The van der Waals surface area contributed by atoms with E-state index in [9.17, 15) is 18.0 Å².